The predicted molar refractivity (Wildman–Crippen MR) is 118 cm³/mol. The highest BCUT2D eigenvalue weighted by Crippen LogP contribution is 2.38. The minimum Gasteiger partial charge on any atom is -0.327 e. The van der Waals surface area contributed by atoms with Gasteiger partial charge in [0.05, 0.1) is 11.6 Å². The van der Waals surface area contributed by atoms with Crippen molar-refractivity contribution >= 4 is 28.4 Å². The summed E-state index contributed by atoms with van der Waals surface area (Å²) in [4.78, 5) is 25.6. The average Bonchev–Trinajstić information content (AvgIpc) is 3.14. The molecule has 3 aromatic carbocycles. The van der Waals surface area contributed by atoms with Gasteiger partial charge in [-0.15, -0.1) is 0 Å². The van der Waals surface area contributed by atoms with Gasteiger partial charge in [0.2, 0.25) is 0 Å². The maximum atomic E-state index is 13.3. The highest BCUT2D eigenvalue weighted by atomic mass is 16.2. The van der Waals surface area contributed by atoms with Gasteiger partial charge in [0, 0.05) is 11.4 Å². The van der Waals surface area contributed by atoms with E-state index in [9.17, 15) is 9.59 Å². The summed E-state index contributed by atoms with van der Waals surface area (Å²) in [6.45, 7) is 3.78. The van der Waals surface area contributed by atoms with E-state index in [1.807, 2.05) is 31.2 Å². The van der Waals surface area contributed by atoms with Gasteiger partial charge < -0.3 is 16.0 Å². The smallest absolute Gasteiger partial charge is 0.319 e. The van der Waals surface area contributed by atoms with Gasteiger partial charge in [-0.1, -0.05) is 48.0 Å². The summed E-state index contributed by atoms with van der Waals surface area (Å²) in [6.07, 6.45) is 2.06. The number of carbonyl (C=O) groups excluding carboxylic acids is 2. The number of anilines is 1. The monoisotopic (exact) mass is 397 g/mol. The van der Waals surface area contributed by atoms with Gasteiger partial charge in [0.1, 0.15) is 0 Å². The van der Waals surface area contributed by atoms with E-state index in [1.54, 1.807) is 6.92 Å². The molecular formula is C25H23N3O2. The van der Waals surface area contributed by atoms with Crippen molar-refractivity contribution in [2.45, 2.75) is 32.7 Å². The maximum absolute atomic E-state index is 13.3. The second-order valence-electron chi connectivity index (χ2n) is 8.04. The molecule has 150 valence electrons. The summed E-state index contributed by atoms with van der Waals surface area (Å²) in [5.41, 5.74) is 6.54. The van der Waals surface area contributed by atoms with Gasteiger partial charge in [0.25, 0.3) is 5.91 Å². The van der Waals surface area contributed by atoms with Crippen LogP contribution in [0, 0.1) is 6.92 Å². The van der Waals surface area contributed by atoms with Crippen molar-refractivity contribution in [2.24, 2.45) is 0 Å². The molecule has 0 saturated heterocycles. The molecule has 1 atom stereocenters. The number of hydrogen-bond donors (Lipinski definition) is 3. The number of allylic oxidation sites excluding steroid dienone is 1. The van der Waals surface area contributed by atoms with Crippen LogP contribution in [-0.2, 0) is 17.6 Å². The van der Waals surface area contributed by atoms with E-state index in [-0.39, 0.29) is 11.9 Å². The summed E-state index contributed by atoms with van der Waals surface area (Å²) < 4.78 is 0. The van der Waals surface area contributed by atoms with Crippen molar-refractivity contribution in [1.82, 2.24) is 10.6 Å². The molecule has 0 aromatic heterocycles. The standard InChI is InChI=1S/C25H23N3O2/c1-14-6-11-18(12-7-14)27-24(29)21-15(2)26-25(30)28-23(21)20-13-10-17-9-8-16-4-3-5-19(20)22(16)17/h3-7,10-13,23H,8-9H2,1-2H3,(H,27,29)(H2,26,28,30). The number of amides is 3. The van der Waals surface area contributed by atoms with E-state index in [2.05, 4.69) is 46.3 Å². The fourth-order valence-electron chi connectivity index (χ4n) is 4.58. The molecule has 0 fully saturated rings. The summed E-state index contributed by atoms with van der Waals surface area (Å²) in [7, 11) is 0. The number of rotatable bonds is 3. The molecule has 1 heterocycles. The van der Waals surface area contributed by atoms with Gasteiger partial charge in [-0.25, -0.2) is 4.79 Å². The summed E-state index contributed by atoms with van der Waals surface area (Å²) in [5.74, 6) is -0.225. The Labute approximate surface area is 175 Å². The molecule has 5 heteroatoms. The zero-order valence-electron chi connectivity index (χ0n) is 17.0. The normalized spacial score (nSPS) is 17.7. The van der Waals surface area contributed by atoms with Crippen LogP contribution >= 0.6 is 0 Å². The van der Waals surface area contributed by atoms with Crippen LogP contribution in [0.1, 0.15) is 35.2 Å². The summed E-state index contributed by atoms with van der Waals surface area (Å²) >= 11 is 0. The first-order valence-corrected chi connectivity index (χ1v) is 10.2. The Balaban J connectivity index is 1.59. The van der Waals surface area contributed by atoms with Gasteiger partial charge >= 0.3 is 6.03 Å². The van der Waals surface area contributed by atoms with E-state index in [0.717, 1.165) is 35.0 Å². The van der Waals surface area contributed by atoms with Crippen molar-refractivity contribution in [1.29, 1.82) is 0 Å². The largest absolute Gasteiger partial charge is 0.327 e. The van der Waals surface area contributed by atoms with Crippen LogP contribution < -0.4 is 16.0 Å². The zero-order chi connectivity index (χ0) is 20.8. The number of carbonyl (C=O) groups is 2. The molecular weight excluding hydrogens is 374 g/mol. The van der Waals surface area contributed by atoms with Crippen LogP contribution in [0.25, 0.3) is 10.8 Å². The first-order chi connectivity index (χ1) is 14.5. The Morgan fingerprint density at radius 1 is 0.967 bits per heavy atom. The van der Waals surface area contributed by atoms with Crippen molar-refractivity contribution in [2.75, 3.05) is 5.32 Å². The van der Waals surface area contributed by atoms with E-state index in [4.69, 9.17) is 0 Å². The Kier molecular flexibility index (Phi) is 4.31. The molecule has 3 amide bonds. The lowest BCUT2D eigenvalue weighted by molar-refractivity contribution is -0.113. The number of urea groups is 1. The minimum atomic E-state index is -0.519. The van der Waals surface area contributed by atoms with Crippen LogP contribution in [0.3, 0.4) is 0 Å². The van der Waals surface area contributed by atoms with Crippen LogP contribution in [0.15, 0.2) is 65.9 Å². The van der Waals surface area contributed by atoms with Gasteiger partial charge in [-0.2, -0.15) is 0 Å². The predicted octanol–water partition coefficient (Wildman–Crippen LogP) is 4.51. The first-order valence-electron chi connectivity index (χ1n) is 10.2. The Morgan fingerprint density at radius 3 is 2.47 bits per heavy atom. The fourth-order valence-corrected chi connectivity index (χ4v) is 4.58. The molecule has 30 heavy (non-hydrogen) atoms. The fraction of sp³-hybridized carbons (Fsp3) is 0.200. The van der Waals surface area contributed by atoms with Crippen LogP contribution in [0.4, 0.5) is 10.5 Å². The average molecular weight is 397 g/mol. The topological polar surface area (TPSA) is 70.2 Å². The highest BCUT2D eigenvalue weighted by Gasteiger charge is 2.33. The third-order valence-electron chi connectivity index (χ3n) is 6.04. The summed E-state index contributed by atoms with van der Waals surface area (Å²) in [6, 6.07) is 17.3. The van der Waals surface area contributed by atoms with E-state index in [1.165, 1.54) is 16.5 Å². The number of aryl methyl sites for hydroxylation is 3. The third kappa shape index (κ3) is 3.03. The molecule has 5 nitrogen and oxygen atoms in total. The number of nitrogens with one attached hydrogen (secondary N) is 3. The molecule has 3 aromatic rings. The lowest BCUT2D eigenvalue weighted by Crippen LogP contribution is -2.46. The third-order valence-corrected chi connectivity index (χ3v) is 6.04. The van der Waals surface area contributed by atoms with Crippen molar-refractivity contribution in [3.8, 4) is 0 Å². The molecule has 0 saturated carbocycles. The molecule has 2 aliphatic rings. The second kappa shape index (κ2) is 7.02. The van der Waals surface area contributed by atoms with Crippen LogP contribution in [-0.4, -0.2) is 11.9 Å². The lowest BCUT2D eigenvalue weighted by atomic mass is 9.89. The maximum Gasteiger partial charge on any atom is 0.319 e. The van der Waals surface area contributed by atoms with Crippen molar-refractivity contribution < 1.29 is 9.59 Å². The van der Waals surface area contributed by atoms with Gasteiger partial charge in [-0.05, 0) is 66.3 Å². The molecule has 1 unspecified atom stereocenters. The molecule has 5 rings (SSSR count). The van der Waals surface area contributed by atoms with Crippen molar-refractivity contribution in [3.05, 3.63) is 88.1 Å². The van der Waals surface area contributed by atoms with Crippen molar-refractivity contribution in [3.63, 3.8) is 0 Å². The zero-order valence-corrected chi connectivity index (χ0v) is 17.0. The van der Waals surface area contributed by atoms with Gasteiger partial charge in [0.15, 0.2) is 0 Å². The quantitative estimate of drug-likeness (QED) is 0.608. The number of hydrogen-bond acceptors (Lipinski definition) is 2. The number of benzene rings is 3. The lowest BCUT2D eigenvalue weighted by Gasteiger charge is -2.29. The Morgan fingerprint density at radius 2 is 1.70 bits per heavy atom. The molecule has 0 radical (unpaired) electrons. The minimum absolute atomic E-state index is 0.225. The molecule has 1 aliphatic carbocycles. The van der Waals surface area contributed by atoms with Crippen LogP contribution in [0.5, 0.6) is 0 Å². The Bertz CT molecular complexity index is 1210. The summed E-state index contributed by atoms with van der Waals surface area (Å²) in [5, 5.41) is 11.1. The van der Waals surface area contributed by atoms with E-state index >= 15 is 0 Å². The molecule has 0 spiro atoms. The Hall–Kier alpha value is -3.60. The van der Waals surface area contributed by atoms with Gasteiger partial charge in [-0.3, -0.25) is 4.79 Å². The van der Waals surface area contributed by atoms with E-state index < -0.39 is 6.04 Å². The molecule has 3 N–H and O–H groups in total. The molecule has 1 aliphatic heterocycles. The first kappa shape index (κ1) is 18.4. The molecule has 0 bridgehead atoms. The van der Waals surface area contributed by atoms with E-state index in [0.29, 0.717) is 11.3 Å². The second-order valence-corrected chi connectivity index (χ2v) is 8.04. The highest BCUT2D eigenvalue weighted by molar-refractivity contribution is 6.07. The SMILES string of the molecule is CC1=C(C(=O)Nc2ccc(C)cc2)C(c2ccc3c4c(cccc24)CC3)NC(=O)N1. The van der Waals surface area contributed by atoms with Crippen LogP contribution in [0.2, 0.25) is 0 Å².